The van der Waals surface area contributed by atoms with E-state index in [4.69, 9.17) is 4.74 Å². The molecule has 1 amide bonds. The standard InChI is InChI=1S/C16H23FN2O2/c1-18-11-13-4-3-9-19(13)16(20)8-6-12-5-7-15(21-2)14(17)10-12/h5,7,10,13,18H,3-4,6,8-9,11H2,1-2H3. The summed E-state index contributed by atoms with van der Waals surface area (Å²) in [6.45, 7) is 1.67. The SMILES string of the molecule is CNCC1CCCN1C(=O)CCc1ccc(OC)c(F)c1. The summed E-state index contributed by atoms with van der Waals surface area (Å²) in [4.78, 5) is 14.2. The Hall–Kier alpha value is -1.62. The number of ether oxygens (including phenoxy) is 1. The second-order valence-corrected chi connectivity index (χ2v) is 5.41. The lowest BCUT2D eigenvalue weighted by atomic mass is 10.1. The third-order valence-electron chi connectivity index (χ3n) is 3.98. The Kier molecular flexibility index (Phi) is 5.56. The number of likely N-dealkylation sites (tertiary alicyclic amines) is 1. The van der Waals surface area contributed by atoms with Gasteiger partial charge in [-0.25, -0.2) is 4.39 Å². The van der Waals surface area contributed by atoms with Crippen LogP contribution in [0.4, 0.5) is 4.39 Å². The maximum atomic E-state index is 13.6. The smallest absolute Gasteiger partial charge is 0.223 e. The van der Waals surface area contributed by atoms with E-state index >= 15 is 0 Å². The quantitative estimate of drug-likeness (QED) is 0.872. The number of rotatable bonds is 6. The molecule has 5 heteroatoms. The van der Waals surface area contributed by atoms with Gasteiger partial charge in [0.05, 0.1) is 7.11 Å². The highest BCUT2D eigenvalue weighted by Gasteiger charge is 2.27. The fourth-order valence-electron chi connectivity index (χ4n) is 2.87. The van der Waals surface area contributed by atoms with Gasteiger partial charge in [0.15, 0.2) is 11.6 Å². The van der Waals surface area contributed by atoms with Gasteiger partial charge in [0, 0.05) is 25.6 Å². The first-order valence-electron chi connectivity index (χ1n) is 7.42. The normalized spacial score (nSPS) is 18.0. The number of halogens is 1. The number of benzene rings is 1. The van der Waals surface area contributed by atoms with Gasteiger partial charge < -0.3 is 15.0 Å². The van der Waals surface area contributed by atoms with Crippen LogP contribution in [-0.2, 0) is 11.2 Å². The van der Waals surface area contributed by atoms with E-state index in [0.717, 1.165) is 31.5 Å². The van der Waals surface area contributed by atoms with Crippen molar-refractivity contribution in [3.63, 3.8) is 0 Å². The van der Waals surface area contributed by atoms with Crippen LogP contribution < -0.4 is 10.1 Å². The van der Waals surface area contributed by atoms with Crippen LogP contribution >= 0.6 is 0 Å². The summed E-state index contributed by atoms with van der Waals surface area (Å²) in [5.41, 5.74) is 0.825. The Morgan fingerprint density at radius 2 is 2.33 bits per heavy atom. The number of hydrogen-bond acceptors (Lipinski definition) is 3. The van der Waals surface area contributed by atoms with Gasteiger partial charge in [0.25, 0.3) is 0 Å². The maximum Gasteiger partial charge on any atom is 0.223 e. The van der Waals surface area contributed by atoms with Crippen LogP contribution in [0.25, 0.3) is 0 Å². The zero-order valence-corrected chi connectivity index (χ0v) is 12.7. The van der Waals surface area contributed by atoms with E-state index in [1.165, 1.54) is 13.2 Å². The highest BCUT2D eigenvalue weighted by atomic mass is 19.1. The molecule has 0 radical (unpaired) electrons. The lowest BCUT2D eigenvalue weighted by Crippen LogP contribution is -2.40. The van der Waals surface area contributed by atoms with E-state index in [1.807, 2.05) is 18.0 Å². The molecular formula is C16H23FN2O2. The van der Waals surface area contributed by atoms with Gasteiger partial charge >= 0.3 is 0 Å². The van der Waals surface area contributed by atoms with Crippen molar-refractivity contribution in [3.8, 4) is 5.75 Å². The zero-order valence-electron chi connectivity index (χ0n) is 12.7. The number of hydrogen-bond donors (Lipinski definition) is 1. The van der Waals surface area contributed by atoms with Gasteiger partial charge in [0.1, 0.15) is 0 Å². The van der Waals surface area contributed by atoms with Gasteiger partial charge in [-0.1, -0.05) is 6.07 Å². The molecule has 1 aromatic carbocycles. The Morgan fingerprint density at radius 1 is 1.52 bits per heavy atom. The molecule has 1 heterocycles. The third kappa shape index (κ3) is 3.94. The van der Waals surface area contributed by atoms with Crippen LogP contribution in [0.3, 0.4) is 0 Å². The fourth-order valence-corrected chi connectivity index (χ4v) is 2.87. The summed E-state index contributed by atoms with van der Waals surface area (Å²) in [5, 5.41) is 3.13. The van der Waals surface area contributed by atoms with Crippen molar-refractivity contribution in [2.75, 3.05) is 27.2 Å². The Bertz CT molecular complexity index is 493. The van der Waals surface area contributed by atoms with Crippen LogP contribution in [-0.4, -0.2) is 44.1 Å². The molecule has 0 aromatic heterocycles. The minimum Gasteiger partial charge on any atom is -0.494 e. The second-order valence-electron chi connectivity index (χ2n) is 5.41. The highest BCUT2D eigenvalue weighted by Crippen LogP contribution is 2.21. The van der Waals surface area contributed by atoms with Crippen molar-refractivity contribution in [3.05, 3.63) is 29.6 Å². The number of likely N-dealkylation sites (N-methyl/N-ethyl adjacent to an activating group) is 1. The summed E-state index contributed by atoms with van der Waals surface area (Å²) in [5.74, 6) is 0.0133. The summed E-state index contributed by atoms with van der Waals surface area (Å²) < 4.78 is 18.5. The molecule has 1 aliphatic rings. The summed E-state index contributed by atoms with van der Waals surface area (Å²) in [7, 11) is 3.35. The van der Waals surface area contributed by atoms with Gasteiger partial charge in [-0.15, -0.1) is 0 Å². The number of methoxy groups -OCH3 is 1. The van der Waals surface area contributed by atoms with E-state index in [0.29, 0.717) is 18.9 Å². The molecule has 1 fully saturated rings. The first-order chi connectivity index (χ1) is 10.2. The molecule has 1 aromatic rings. The molecule has 1 aliphatic heterocycles. The lowest BCUT2D eigenvalue weighted by molar-refractivity contribution is -0.131. The first kappa shape index (κ1) is 15.8. The molecule has 116 valence electrons. The van der Waals surface area contributed by atoms with Gasteiger partial charge in [0.2, 0.25) is 5.91 Å². The number of nitrogens with one attached hydrogen (secondary N) is 1. The highest BCUT2D eigenvalue weighted by molar-refractivity contribution is 5.77. The van der Waals surface area contributed by atoms with E-state index < -0.39 is 0 Å². The van der Waals surface area contributed by atoms with Crippen molar-refractivity contribution in [2.24, 2.45) is 0 Å². The van der Waals surface area contributed by atoms with E-state index in [2.05, 4.69) is 5.32 Å². The molecule has 0 saturated carbocycles. The van der Waals surface area contributed by atoms with E-state index in [9.17, 15) is 9.18 Å². The molecule has 0 aliphatic carbocycles. The van der Waals surface area contributed by atoms with Crippen LogP contribution in [0.1, 0.15) is 24.8 Å². The summed E-state index contributed by atoms with van der Waals surface area (Å²) in [6, 6.07) is 5.16. The van der Waals surface area contributed by atoms with Crippen LogP contribution in [0.15, 0.2) is 18.2 Å². The summed E-state index contributed by atoms with van der Waals surface area (Å²) in [6.07, 6.45) is 3.10. The molecule has 1 atom stereocenters. The number of carbonyl (C=O) groups excluding carboxylic acids is 1. The van der Waals surface area contributed by atoms with Crippen LogP contribution in [0, 0.1) is 5.82 Å². The Morgan fingerprint density at radius 3 is 3.00 bits per heavy atom. The first-order valence-corrected chi connectivity index (χ1v) is 7.42. The topological polar surface area (TPSA) is 41.6 Å². The number of nitrogens with zero attached hydrogens (tertiary/aromatic N) is 1. The van der Waals surface area contributed by atoms with Crippen LogP contribution in [0.2, 0.25) is 0 Å². The fraction of sp³-hybridized carbons (Fsp3) is 0.562. The molecule has 2 rings (SSSR count). The molecule has 0 bridgehead atoms. The molecule has 1 unspecified atom stereocenters. The number of aryl methyl sites for hydroxylation is 1. The second kappa shape index (κ2) is 7.41. The van der Waals surface area contributed by atoms with Gasteiger partial charge in [-0.2, -0.15) is 0 Å². The maximum absolute atomic E-state index is 13.6. The molecule has 0 spiro atoms. The predicted molar refractivity (Wildman–Crippen MR) is 79.9 cm³/mol. The summed E-state index contributed by atoms with van der Waals surface area (Å²) >= 11 is 0. The van der Waals surface area contributed by atoms with Crippen molar-refractivity contribution in [1.29, 1.82) is 0 Å². The van der Waals surface area contributed by atoms with E-state index in [-0.39, 0.29) is 17.5 Å². The minimum atomic E-state index is -0.378. The number of carbonyl (C=O) groups is 1. The van der Waals surface area contributed by atoms with Crippen molar-refractivity contribution in [2.45, 2.75) is 31.7 Å². The van der Waals surface area contributed by atoms with Crippen molar-refractivity contribution >= 4 is 5.91 Å². The Labute approximate surface area is 125 Å². The van der Waals surface area contributed by atoms with E-state index in [1.54, 1.807) is 6.07 Å². The van der Waals surface area contributed by atoms with Gasteiger partial charge in [-0.3, -0.25) is 4.79 Å². The molecule has 21 heavy (non-hydrogen) atoms. The largest absolute Gasteiger partial charge is 0.494 e. The molecular weight excluding hydrogens is 271 g/mol. The molecule has 4 nitrogen and oxygen atoms in total. The predicted octanol–water partition coefficient (Wildman–Crippen LogP) is 1.98. The molecule has 1 N–H and O–H groups in total. The molecule has 1 saturated heterocycles. The number of amides is 1. The van der Waals surface area contributed by atoms with Crippen molar-refractivity contribution in [1.82, 2.24) is 10.2 Å². The van der Waals surface area contributed by atoms with Crippen molar-refractivity contribution < 1.29 is 13.9 Å². The monoisotopic (exact) mass is 294 g/mol. The third-order valence-corrected chi connectivity index (χ3v) is 3.98. The Balaban J connectivity index is 1.90. The zero-order chi connectivity index (χ0) is 15.2. The van der Waals surface area contributed by atoms with Gasteiger partial charge in [-0.05, 0) is 44.0 Å². The average molecular weight is 294 g/mol. The lowest BCUT2D eigenvalue weighted by Gasteiger charge is -2.24. The minimum absolute atomic E-state index is 0.156. The average Bonchev–Trinajstić information content (AvgIpc) is 2.93. The van der Waals surface area contributed by atoms with Crippen LogP contribution in [0.5, 0.6) is 5.75 Å².